The lowest BCUT2D eigenvalue weighted by molar-refractivity contribution is -0.118. The van der Waals surface area contributed by atoms with Crippen LogP contribution >= 0.6 is 11.8 Å². The van der Waals surface area contributed by atoms with E-state index in [4.69, 9.17) is 5.73 Å². The van der Waals surface area contributed by atoms with Gasteiger partial charge >= 0.3 is 0 Å². The third kappa shape index (κ3) is 5.48. The van der Waals surface area contributed by atoms with E-state index in [0.29, 0.717) is 0 Å². The first-order chi connectivity index (χ1) is 14.0. The second-order valence-electron chi connectivity index (χ2n) is 7.45. The molecule has 0 saturated carbocycles. The summed E-state index contributed by atoms with van der Waals surface area (Å²) in [7, 11) is 0. The molecule has 1 aromatic heterocycles. The molecule has 0 spiro atoms. The molecule has 3 aromatic rings. The molecule has 3 rings (SSSR count). The second-order valence-corrected chi connectivity index (χ2v) is 8.39. The molecule has 1 unspecified atom stereocenters. The summed E-state index contributed by atoms with van der Waals surface area (Å²) in [5.41, 5.74) is 10.2. The summed E-state index contributed by atoms with van der Waals surface area (Å²) in [6, 6.07) is 16.8. The number of carbonyl (C=O) groups excluding carboxylic acids is 1. The van der Waals surface area contributed by atoms with Crippen LogP contribution in [0.2, 0.25) is 0 Å². The van der Waals surface area contributed by atoms with Crippen LogP contribution in [0.1, 0.15) is 54.6 Å². The molecule has 2 N–H and O–H groups in total. The number of benzene rings is 2. The smallest absolute Gasteiger partial charge is 0.218 e. The Morgan fingerprint density at radius 2 is 1.86 bits per heavy atom. The van der Waals surface area contributed by atoms with Gasteiger partial charge in [0.25, 0.3) is 0 Å². The first-order valence-electron chi connectivity index (χ1n) is 9.97. The Kier molecular flexibility index (Phi) is 7.09. The van der Waals surface area contributed by atoms with Gasteiger partial charge in [0.15, 0.2) is 5.16 Å². The van der Waals surface area contributed by atoms with Crippen LogP contribution < -0.4 is 5.73 Å². The predicted molar refractivity (Wildman–Crippen MR) is 118 cm³/mol. The van der Waals surface area contributed by atoms with Crippen molar-refractivity contribution in [2.24, 2.45) is 5.73 Å². The third-order valence-electron chi connectivity index (χ3n) is 4.85. The zero-order chi connectivity index (χ0) is 20.8. The molecular formula is C23H28N4OS. The largest absolute Gasteiger partial charge is 0.370 e. The SMILES string of the molecule is CCCC(CC(N)=O)c1nnc(SCc2cccc(C)c2)n1-c1ccc(C)cc1. The van der Waals surface area contributed by atoms with E-state index in [1.165, 1.54) is 16.7 Å². The fourth-order valence-electron chi connectivity index (χ4n) is 3.44. The van der Waals surface area contributed by atoms with Gasteiger partial charge in [-0.1, -0.05) is 72.6 Å². The molecule has 0 aliphatic rings. The average Bonchev–Trinajstić information content (AvgIpc) is 3.10. The van der Waals surface area contributed by atoms with E-state index in [-0.39, 0.29) is 18.2 Å². The molecule has 2 aromatic carbocycles. The minimum absolute atomic E-state index is 0.0420. The summed E-state index contributed by atoms with van der Waals surface area (Å²) >= 11 is 1.66. The number of carbonyl (C=O) groups is 1. The Labute approximate surface area is 176 Å². The fraction of sp³-hybridized carbons (Fsp3) is 0.348. The van der Waals surface area contributed by atoms with Crippen LogP contribution in [-0.2, 0) is 10.5 Å². The van der Waals surface area contributed by atoms with Gasteiger partial charge in [-0.05, 0) is 38.0 Å². The highest BCUT2D eigenvalue weighted by Gasteiger charge is 2.23. The number of hydrogen-bond donors (Lipinski definition) is 1. The quantitative estimate of drug-likeness (QED) is 0.509. The van der Waals surface area contributed by atoms with Gasteiger partial charge in [-0.2, -0.15) is 0 Å². The molecule has 6 heteroatoms. The number of hydrogen-bond acceptors (Lipinski definition) is 4. The first-order valence-corrected chi connectivity index (χ1v) is 11.0. The minimum atomic E-state index is -0.309. The maximum Gasteiger partial charge on any atom is 0.218 e. The number of primary amides is 1. The number of aryl methyl sites for hydroxylation is 2. The van der Waals surface area contributed by atoms with Crippen molar-refractivity contribution in [3.8, 4) is 5.69 Å². The molecule has 0 aliphatic carbocycles. The van der Waals surface area contributed by atoms with Gasteiger partial charge in [-0.3, -0.25) is 9.36 Å². The van der Waals surface area contributed by atoms with E-state index < -0.39 is 0 Å². The van der Waals surface area contributed by atoms with Gasteiger partial charge < -0.3 is 5.73 Å². The second kappa shape index (κ2) is 9.74. The maximum absolute atomic E-state index is 11.7. The van der Waals surface area contributed by atoms with E-state index in [1.54, 1.807) is 11.8 Å². The lowest BCUT2D eigenvalue weighted by atomic mass is 9.98. The average molecular weight is 409 g/mol. The van der Waals surface area contributed by atoms with E-state index in [2.05, 4.69) is 84.1 Å². The Morgan fingerprint density at radius 1 is 1.10 bits per heavy atom. The number of nitrogens with zero attached hydrogens (tertiary/aromatic N) is 3. The van der Waals surface area contributed by atoms with E-state index in [0.717, 1.165) is 35.3 Å². The lowest BCUT2D eigenvalue weighted by Crippen LogP contribution is -2.18. The molecular weight excluding hydrogens is 380 g/mol. The highest BCUT2D eigenvalue weighted by atomic mass is 32.2. The summed E-state index contributed by atoms with van der Waals surface area (Å²) in [6.45, 7) is 6.27. The first kappa shape index (κ1) is 21.1. The van der Waals surface area contributed by atoms with E-state index in [9.17, 15) is 4.79 Å². The van der Waals surface area contributed by atoms with Crippen LogP contribution in [0.4, 0.5) is 0 Å². The molecule has 1 atom stereocenters. The van der Waals surface area contributed by atoms with Crippen molar-refractivity contribution < 1.29 is 4.79 Å². The van der Waals surface area contributed by atoms with E-state index in [1.807, 2.05) is 0 Å². The van der Waals surface area contributed by atoms with Gasteiger partial charge in [0, 0.05) is 23.8 Å². The highest BCUT2D eigenvalue weighted by Crippen LogP contribution is 2.31. The molecule has 152 valence electrons. The van der Waals surface area contributed by atoms with Gasteiger partial charge in [0.05, 0.1) is 0 Å². The lowest BCUT2D eigenvalue weighted by Gasteiger charge is -2.17. The zero-order valence-electron chi connectivity index (χ0n) is 17.3. The Balaban J connectivity index is 1.98. The Bertz CT molecular complexity index is 965. The molecule has 0 radical (unpaired) electrons. The summed E-state index contributed by atoms with van der Waals surface area (Å²) in [5, 5.41) is 9.82. The van der Waals surface area contributed by atoms with Crippen molar-refractivity contribution in [2.75, 3.05) is 0 Å². The highest BCUT2D eigenvalue weighted by molar-refractivity contribution is 7.98. The van der Waals surface area contributed by atoms with Crippen molar-refractivity contribution in [2.45, 2.75) is 56.9 Å². The van der Waals surface area contributed by atoms with E-state index >= 15 is 0 Å². The molecule has 5 nitrogen and oxygen atoms in total. The van der Waals surface area contributed by atoms with Gasteiger partial charge in [0.1, 0.15) is 5.82 Å². The van der Waals surface area contributed by atoms with Crippen LogP contribution in [0.25, 0.3) is 5.69 Å². The minimum Gasteiger partial charge on any atom is -0.370 e. The van der Waals surface area contributed by atoms with Gasteiger partial charge in [-0.15, -0.1) is 10.2 Å². The molecule has 0 aliphatic heterocycles. The molecule has 29 heavy (non-hydrogen) atoms. The molecule has 1 heterocycles. The molecule has 0 bridgehead atoms. The molecule has 1 amide bonds. The molecule has 0 saturated heterocycles. The van der Waals surface area contributed by atoms with Crippen LogP contribution in [0.5, 0.6) is 0 Å². The monoisotopic (exact) mass is 408 g/mol. The number of thioether (sulfide) groups is 1. The summed E-state index contributed by atoms with van der Waals surface area (Å²) in [6.07, 6.45) is 2.07. The van der Waals surface area contributed by atoms with Crippen LogP contribution in [-0.4, -0.2) is 20.7 Å². The van der Waals surface area contributed by atoms with Gasteiger partial charge in [0.2, 0.25) is 5.91 Å². The number of rotatable bonds is 9. The normalized spacial score (nSPS) is 12.1. The van der Waals surface area contributed by atoms with Crippen molar-refractivity contribution in [1.82, 2.24) is 14.8 Å². The van der Waals surface area contributed by atoms with Crippen molar-refractivity contribution in [3.63, 3.8) is 0 Å². The summed E-state index contributed by atoms with van der Waals surface area (Å²) < 4.78 is 2.09. The van der Waals surface area contributed by atoms with Crippen LogP contribution in [0, 0.1) is 13.8 Å². The van der Waals surface area contributed by atoms with Crippen LogP contribution in [0.3, 0.4) is 0 Å². The van der Waals surface area contributed by atoms with Crippen molar-refractivity contribution >= 4 is 17.7 Å². The van der Waals surface area contributed by atoms with Gasteiger partial charge in [-0.25, -0.2) is 0 Å². The number of aromatic nitrogens is 3. The fourth-order valence-corrected chi connectivity index (χ4v) is 4.34. The number of nitrogens with two attached hydrogens (primary N) is 1. The maximum atomic E-state index is 11.7. The zero-order valence-corrected chi connectivity index (χ0v) is 18.1. The predicted octanol–water partition coefficient (Wildman–Crippen LogP) is 4.94. The Hall–Kier alpha value is -2.60. The van der Waals surface area contributed by atoms with Crippen molar-refractivity contribution in [1.29, 1.82) is 0 Å². The summed E-state index contributed by atoms with van der Waals surface area (Å²) in [5.74, 6) is 1.26. The number of amides is 1. The third-order valence-corrected chi connectivity index (χ3v) is 5.85. The summed E-state index contributed by atoms with van der Waals surface area (Å²) in [4.78, 5) is 11.7. The van der Waals surface area contributed by atoms with Crippen LogP contribution in [0.15, 0.2) is 53.7 Å². The Morgan fingerprint density at radius 3 is 2.52 bits per heavy atom. The van der Waals surface area contributed by atoms with Crippen molar-refractivity contribution in [3.05, 3.63) is 71.0 Å². The topological polar surface area (TPSA) is 73.8 Å². The standard InChI is InChI=1S/C23H28N4OS/c1-4-6-19(14-21(24)28)22-25-26-23(27(22)20-11-9-16(2)10-12-20)29-15-18-8-5-7-17(3)13-18/h5,7-13,19H,4,6,14-15H2,1-3H3,(H2,24,28). The molecule has 0 fully saturated rings.